The van der Waals surface area contributed by atoms with Crippen LogP contribution < -0.4 is 0 Å². The Morgan fingerprint density at radius 3 is 1.49 bits per heavy atom. The van der Waals surface area contributed by atoms with Crippen LogP contribution in [0.15, 0.2) is 0 Å². The van der Waals surface area contributed by atoms with Crippen LogP contribution >= 0.6 is 0 Å². The molecule has 3 aliphatic rings. The molecular formula is C18H34O17. The van der Waals surface area contributed by atoms with Crippen LogP contribution in [0.4, 0.5) is 0 Å². The highest BCUT2D eigenvalue weighted by atomic mass is 16.8. The van der Waals surface area contributed by atoms with Gasteiger partial charge in [0.2, 0.25) is 5.79 Å². The minimum atomic E-state index is -2.22. The van der Waals surface area contributed by atoms with Crippen LogP contribution in [0.2, 0.25) is 0 Å². The Bertz CT molecular complexity index is 635. The number of aliphatic hydroxyl groups is 13. The Balaban J connectivity index is 0.000000303. The third-order valence-electron chi connectivity index (χ3n) is 5.94. The molecule has 0 spiro atoms. The topological polar surface area (TPSA) is 300 Å². The third-order valence-corrected chi connectivity index (χ3v) is 5.94. The van der Waals surface area contributed by atoms with E-state index in [2.05, 4.69) is 4.74 Å². The molecule has 0 saturated carbocycles. The summed E-state index contributed by atoms with van der Waals surface area (Å²) in [5.41, 5.74) is 0. The van der Waals surface area contributed by atoms with Gasteiger partial charge >= 0.3 is 0 Å². The number of ether oxygens (including phenoxy) is 4. The molecule has 35 heavy (non-hydrogen) atoms. The number of hydrogen-bond donors (Lipinski definition) is 13. The van der Waals surface area contributed by atoms with E-state index in [4.69, 9.17) is 50.0 Å². The van der Waals surface area contributed by atoms with Gasteiger partial charge in [-0.1, -0.05) is 0 Å². The molecule has 13 N–H and O–H groups in total. The predicted molar refractivity (Wildman–Crippen MR) is 105 cm³/mol. The van der Waals surface area contributed by atoms with Gasteiger partial charge in [-0.15, -0.1) is 0 Å². The molecule has 0 aromatic heterocycles. The van der Waals surface area contributed by atoms with Crippen LogP contribution in [-0.4, -0.2) is 178 Å². The highest BCUT2D eigenvalue weighted by Gasteiger charge is 2.58. The summed E-state index contributed by atoms with van der Waals surface area (Å²) in [6.07, 6.45) is -19.7. The lowest BCUT2D eigenvalue weighted by atomic mass is 9.99. The first-order valence-electron chi connectivity index (χ1n) is 10.6. The van der Waals surface area contributed by atoms with E-state index in [1.807, 2.05) is 0 Å². The van der Waals surface area contributed by atoms with Crippen LogP contribution in [0, 0.1) is 0 Å². The minimum Gasteiger partial charge on any atom is -0.394 e. The SMILES string of the molecule is OC[C@H]1OC(O)[C@H](O)[C@@H](O)[C@@H]1O.OC[C@H]1O[C@@](CO)(O[C@H]2O[C@H](CO)[C@@H](O)[C@H](O)[C@H]2O)[C@@H](O)[C@@H]1O. The van der Waals surface area contributed by atoms with Gasteiger partial charge in [-0.05, 0) is 0 Å². The largest absolute Gasteiger partial charge is 0.394 e. The van der Waals surface area contributed by atoms with E-state index in [0.717, 1.165) is 0 Å². The van der Waals surface area contributed by atoms with Gasteiger partial charge in [-0.3, -0.25) is 0 Å². The Morgan fingerprint density at radius 1 is 0.543 bits per heavy atom. The van der Waals surface area contributed by atoms with Gasteiger partial charge in [0.15, 0.2) is 12.6 Å². The van der Waals surface area contributed by atoms with Crippen LogP contribution in [0.3, 0.4) is 0 Å². The molecule has 17 nitrogen and oxygen atoms in total. The summed E-state index contributed by atoms with van der Waals surface area (Å²) >= 11 is 0. The summed E-state index contributed by atoms with van der Waals surface area (Å²) in [4.78, 5) is 0. The van der Waals surface area contributed by atoms with Crippen molar-refractivity contribution < 1.29 is 85.3 Å². The molecule has 0 aliphatic carbocycles. The lowest BCUT2D eigenvalue weighted by Gasteiger charge is -2.43. The average molecular weight is 522 g/mol. The van der Waals surface area contributed by atoms with Crippen molar-refractivity contribution in [2.24, 2.45) is 0 Å². The molecule has 14 atom stereocenters. The monoisotopic (exact) mass is 522 g/mol. The van der Waals surface area contributed by atoms with E-state index in [1.165, 1.54) is 0 Å². The van der Waals surface area contributed by atoms with E-state index in [1.54, 1.807) is 0 Å². The number of rotatable bonds is 6. The second kappa shape index (κ2) is 12.7. The molecule has 3 rings (SSSR count). The Hall–Kier alpha value is -0.680. The van der Waals surface area contributed by atoms with Crippen LogP contribution in [0.5, 0.6) is 0 Å². The Labute approximate surface area is 198 Å². The van der Waals surface area contributed by atoms with E-state index in [-0.39, 0.29) is 0 Å². The zero-order valence-corrected chi connectivity index (χ0v) is 18.3. The van der Waals surface area contributed by atoms with Gasteiger partial charge in [0, 0.05) is 0 Å². The van der Waals surface area contributed by atoms with Crippen LogP contribution in [-0.2, 0) is 18.9 Å². The average Bonchev–Trinajstić information content (AvgIpc) is 3.10. The molecule has 0 amide bonds. The first kappa shape index (κ1) is 30.5. The zero-order chi connectivity index (χ0) is 26.7. The molecule has 0 bridgehead atoms. The van der Waals surface area contributed by atoms with Gasteiger partial charge in [0.25, 0.3) is 0 Å². The van der Waals surface area contributed by atoms with Gasteiger partial charge in [-0.2, -0.15) is 0 Å². The van der Waals surface area contributed by atoms with E-state index < -0.39 is 112 Å². The van der Waals surface area contributed by atoms with E-state index in [9.17, 15) is 30.6 Å². The Morgan fingerprint density at radius 2 is 1.03 bits per heavy atom. The van der Waals surface area contributed by atoms with Gasteiger partial charge in [-0.25, -0.2) is 0 Å². The van der Waals surface area contributed by atoms with Gasteiger partial charge < -0.3 is 85.3 Å². The summed E-state index contributed by atoms with van der Waals surface area (Å²) in [6, 6.07) is 0. The van der Waals surface area contributed by atoms with E-state index in [0.29, 0.717) is 0 Å². The second-order valence-electron chi connectivity index (χ2n) is 8.28. The molecule has 3 fully saturated rings. The van der Waals surface area contributed by atoms with Crippen molar-refractivity contribution in [1.29, 1.82) is 0 Å². The molecule has 3 saturated heterocycles. The quantitative estimate of drug-likeness (QED) is 0.154. The highest BCUT2D eigenvalue weighted by molar-refractivity contribution is 4.98. The van der Waals surface area contributed by atoms with Crippen LogP contribution in [0.25, 0.3) is 0 Å². The Kier molecular flexibility index (Phi) is 11.1. The van der Waals surface area contributed by atoms with Crippen molar-refractivity contribution in [3.8, 4) is 0 Å². The molecule has 1 unspecified atom stereocenters. The standard InChI is InChI=1S/C12H22O11.C6H12O6/c13-1-4-6(16)8(18)9(19)11(21-4)23-12(3-15)10(20)7(17)5(2-14)22-12;7-1-2-3(8)4(9)5(10)6(11)12-2/h4-11,13-20H,1-3H2;2-11H,1H2/t4-,5-,6-,7-,8+,9-,10+,11-,12+;2-,3-,4+,5-,6?/m11/s1. The molecule has 0 aromatic rings. The normalized spacial score (nSPS) is 50.5. The summed E-state index contributed by atoms with van der Waals surface area (Å²) < 4.78 is 20.0. The van der Waals surface area contributed by atoms with Crippen LogP contribution in [0.1, 0.15) is 0 Å². The maximum atomic E-state index is 10.00. The first-order valence-corrected chi connectivity index (χ1v) is 10.6. The third kappa shape index (κ3) is 6.25. The molecule has 0 radical (unpaired) electrons. The fraction of sp³-hybridized carbons (Fsp3) is 1.00. The van der Waals surface area contributed by atoms with Gasteiger partial charge in [0.1, 0.15) is 73.8 Å². The van der Waals surface area contributed by atoms with Crippen molar-refractivity contribution in [3.63, 3.8) is 0 Å². The second-order valence-corrected chi connectivity index (χ2v) is 8.28. The lowest BCUT2D eigenvalue weighted by Crippen LogP contribution is -2.62. The fourth-order valence-electron chi connectivity index (χ4n) is 3.71. The van der Waals surface area contributed by atoms with Crippen molar-refractivity contribution >= 4 is 0 Å². The molecular weight excluding hydrogens is 488 g/mol. The molecule has 17 heteroatoms. The lowest BCUT2D eigenvalue weighted by molar-refractivity contribution is -0.383. The summed E-state index contributed by atoms with van der Waals surface area (Å²) in [5, 5.41) is 121. The number of aliphatic hydroxyl groups excluding tert-OH is 13. The molecule has 3 aliphatic heterocycles. The summed E-state index contributed by atoms with van der Waals surface area (Å²) in [7, 11) is 0. The maximum absolute atomic E-state index is 10.00. The van der Waals surface area contributed by atoms with E-state index >= 15 is 0 Å². The molecule has 3 heterocycles. The summed E-state index contributed by atoms with van der Waals surface area (Å²) in [6.45, 7) is -2.85. The minimum absolute atomic E-state index is 0.526. The fourth-order valence-corrected chi connectivity index (χ4v) is 3.71. The zero-order valence-electron chi connectivity index (χ0n) is 18.3. The number of hydrogen-bond acceptors (Lipinski definition) is 17. The van der Waals surface area contributed by atoms with Crippen molar-refractivity contribution in [3.05, 3.63) is 0 Å². The molecule has 0 aromatic carbocycles. The summed E-state index contributed by atoms with van der Waals surface area (Å²) in [5.74, 6) is -2.22. The van der Waals surface area contributed by atoms with Gasteiger partial charge in [0.05, 0.1) is 19.8 Å². The first-order chi connectivity index (χ1) is 16.4. The van der Waals surface area contributed by atoms with Crippen molar-refractivity contribution in [1.82, 2.24) is 0 Å². The highest BCUT2D eigenvalue weighted by Crippen LogP contribution is 2.35. The van der Waals surface area contributed by atoms with Crippen molar-refractivity contribution in [2.45, 2.75) is 85.5 Å². The predicted octanol–water partition coefficient (Wildman–Crippen LogP) is -8.62. The maximum Gasteiger partial charge on any atom is 0.224 e. The van der Waals surface area contributed by atoms with Crippen molar-refractivity contribution in [2.75, 3.05) is 26.4 Å². The molecule has 208 valence electrons. The smallest absolute Gasteiger partial charge is 0.224 e.